The molecule has 0 spiro atoms. The molecule has 6 heteroatoms. The second-order valence-electron chi connectivity index (χ2n) is 1.55. The van der Waals surface area contributed by atoms with Gasteiger partial charge in [-0.1, -0.05) is 6.08 Å². The Kier molecular flexibility index (Phi) is 2.92. The first kappa shape index (κ1) is 9.00. The molecule has 0 saturated carbocycles. The molecular weight excluding hydrogens is 154 g/mol. The quantitative estimate of drug-likeness (QED) is 0.349. The van der Waals surface area contributed by atoms with Gasteiger partial charge in [0, 0.05) is 14.3 Å². The summed E-state index contributed by atoms with van der Waals surface area (Å²) in [6.07, 6.45) is 1.37. The Morgan fingerprint density at radius 2 is 2.20 bits per heavy atom. The summed E-state index contributed by atoms with van der Waals surface area (Å²) in [6.45, 7) is 2.92. The normalized spacial score (nSPS) is 12.4. The lowest BCUT2D eigenvalue weighted by atomic mass is 10.6. The standard InChI is InChI=1S/C4H7N3O2S/c1-3-4(2)10(8,9)7-6-5/h3H,1-2H3/b4-3+. The van der Waals surface area contributed by atoms with Gasteiger partial charge in [0.25, 0.3) is 10.0 Å². The highest BCUT2D eigenvalue weighted by molar-refractivity contribution is 7.93. The van der Waals surface area contributed by atoms with Crippen molar-refractivity contribution >= 4 is 10.0 Å². The monoisotopic (exact) mass is 161 g/mol. The van der Waals surface area contributed by atoms with Gasteiger partial charge >= 0.3 is 0 Å². The summed E-state index contributed by atoms with van der Waals surface area (Å²) in [6, 6.07) is 0. The molecule has 0 bridgehead atoms. The van der Waals surface area contributed by atoms with Crippen LogP contribution in [0, 0.1) is 0 Å². The van der Waals surface area contributed by atoms with Gasteiger partial charge in [0.1, 0.15) is 0 Å². The highest BCUT2D eigenvalue weighted by Crippen LogP contribution is 2.06. The van der Waals surface area contributed by atoms with Crippen LogP contribution >= 0.6 is 0 Å². The summed E-state index contributed by atoms with van der Waals surface area (Å²) >= 11 is 0. The minimum absolute atomic E-state index is 0.0605. The smallest absolute Gasteiger partial charge is 0.216 e. The Hall–Kier alpha value is -1.00. The van der Waals surface area contributed by atoms with Crippen LogP contribution in [0.5, 0.6) is 0 Å². The van der Waals surface area contributed by atoms with E-state index in [4.69, 9.17) is 5.53 Å². The van der Waals surface area contributed by atoms with E-state index < -0.39 is 10.0 Å². The van der Waals surface area contributed by atoms with Gasteiger partial charge in [-0.05, 0) is 19.4 Å². The SMILES string of the molecule is C/C=C(\C)S(=O)(=O)N=[N+]=[N-]. The molecule has 0 heterocycles. The predicted octanol–water partition coefficient (Wildman–Crippen LogP) is 1.55. The second kappa shape index (κ2) is 3.24. The van der Waals surface area contributed by atoms with Crippen molar-refractivity contribution in [3.63, 3.8) is 0 Å². The van der Waals surface area contributed by atoms with Crippen molar-refractivity contribution in [3.05, 3.63) is 21.4 Å². The maximum atomic E-state index is 10.7. The molecule has 0 atom stereocenters. The Bertz CT molecular complexity index is 284. The molecule has 0 aliphatic rings. The molecule has 0 aliphatic carbocycles. The third kappa shape index (κ3) is 2.08. The molecule has 0 rings (SSSR count). The van der Waals surface area contributed by atoms with Gasteiger partial charge in [0.15, 0.2) is 0 Å². The number of allylic oxidation sites excluding steroid dienone is 2. The number of azide groups is 1. The molecule has 56 valence electrons. The number of hydrogen-bond donors (Lipinski definition) is 0. The number of nitrogens with zero attached hydrogens (tertiary/aromatic N) is 3. The molecule has 0 fully saturated rings. The first-order valence-corrected chi connectivity index (χ1v) is 3.93. The van der Waals surface area contributed by atoms with E-state index in [1.54, 1.807) is 6.92 Å². The zero-order chi connectivity index (χ0) is 8.20. The van der Waals surface area contributed by atoms with Crippen LogP contribution in [0.3, 0.4) is 0 Å². The predicted molar refractivity (Wildman–Crippen MR) is 37.5 cm³/mol. The van der Waals surface area contributed by atoms with Gasteiger partial charge < -0.3 is 0 Å². The van der Waals surface area contributed by atoms with Crippen molar-refractivity contribution in [2.45, 2.75) is 13.8 Å². The van der Waals surface area contributed by atoms with Crippen LogP contribution in [-0.4, -0.2) is 8.42 Å². The average Bonchev–Trinajstić information content (AvgIpc) is 1.86. The maximum absolute atomic E-state index is 10.7. The molecule has 0 amide bonds. The maximum Gasteiger partial charge on any atom is 0.259 e. The van der Waals surface area contributed by atoms with Crippen LogP contribution in [-0.2, 0) is 10.0 Å². The molecule has 0 aromatic heterocycles. The van der Waals surface area contributed by atoms with Crippen LogP contribution in [0.4, 0.5) is 0 Å². The Labute approximate surface area is 59.0 Å². The van der Waals surface area contributed by atoms with Gasteiger partial charge in [-0.25, -0.2) is 8.42 Å². The fourth-order valence-electron chi connectivity index (χ4n) is 0.261. The van der Waals surface area contributed by atoms with Gasteiger partial charge in [-0.15, -0.1) is 0 Å². The van der Waals surface area contributed by atoms with Crippen molar-refractivity contribution in [1.29, 1.82) is 0 Å². The lowest BCUT2D eigenvalue weighted by Gasteiger charge is -1.91. The van der Waals surface area contributed by atoms with Crippen LogP contribution in [0.1, 0.15) is 13.8 Å². The minimum Gasteiger partial charge on any atom is -0.216 e. The summed E-state index contributed by atoms with van der Waals surface area (Å²) < 4.78 is 24.0. The van der Waals surface area contributed by atoms with Crippen molar-refractivity contribution in [3.8, 4) is 0 Å². The van der Waals surface area contributed by atoms with E-state index in [2.05, 4.69) is 9.43 Å². The zero-order valence-electron chi connectivity index (χ0n) is 5.64. The molecule has 0 radical (unpaired) electrons. The van der Waals surface area contributed by atoms with Crippen LogP contribution in [0.25, 0.3) is 10.4 Å². The first-order chi connectivity index (χ1) is 4.54. The van der Waals surface area contributed by atoms with Gasteiger partial charge in [-0.2, -0.15) is 0 Å². The Morgan fingerprint density at radius 3 is 2.50 bits per heavy atom. The molecule has 0 aromatic carbocycles. The molecule has 0 aliphatic heterocycles. The number of sulfonamides is 1. The summed E-state index contributed by atoms with van der Waals surface area (Å²) in [4.78, 5) is 2.23. The Balaban J connectivity index is 4.96. The highest BCUT2D eigenvalue weighted by atomic mass is 32.2. The zero-order valence-corrected chi connectivity index (χ0v) is 6.46. The van der Waals surface area contributed by atoms with Gasteiger partial charge in [-0.3, -0.25) is 0 Å². The minimum atomic E-state index is -3.69. The fourth-order valence-corrected chi connectivity index (χ4v) is 0.784. The molecule has 5 nitrogen and oxygen atoms in total. The lowest BCUT2D eigenvalue weighted by molar-refractivity contribution is 0.603. The fraction of sp³-hybridized carbons (Fsp3) is 0.500. The topological polar surface area (TPSA) is 82.9 Å². The van der Waals surface area contributed by atoms with E-state index >= 15 is 0 Å². The number of rotatable bonds is 2. The Morgan fingerprint density at radius 1 is 1.70 bits per heavy atom. The molecule has 0 aromatic rings. The van der Waals surface area contributed by atoms with E-state index in [-0.39, 0.29) is 4.91 Å². The van der Waals surface area contributed by atoms with Crippen molar-refractivity contribution in [2.24, 2.45) is 4.52 Å². The van der Waals surface area contributed by atoms with Gasteiger partial charge in [0.05, 0.1) is 0 Å². The second-order valence-corrected chi connectivity index (χ2v) is 3.30. The van der Waals surface area contributed by atoms with E-state index in [1.807, 2.05) is 0 Å². The summed E-state index contributed by atoms with van der Waals surface area (Å²) in [7, 11) is -3.69. The molecule has 10 heavy (non-hydrogen) atoms. The first-order valence-electron chi connectivity index (χ1n) is 2.49. The summed E-state index contributed by atoms with van der Waals surface area (Å²) in [5.41, 5.74) is 7.80. The van der Waals surface area contributed by atoms with E-state index in [1.165, 1.54) is 13.0 Å². The third-order valence-electron chi connectivity index (χ3n) is 0.957. The van der Waals surface area contributed by atoms with Crippen LogP contribution in [0.2, 0.25) is 0 Å². The van der Waals surface area contributed by atoms with E-state index in [0.29, 0.717) is 0 Å². The third-order valence-corrected chi connectivity index (χ3v) is 2.29. The molecule has 0 unspecified atom stereocenters. The highest BCUT2D eigenvalue weighted by Gasteiger charge is 2.07. The van der Waals surface area contributed by atoms with Crippen molar-refractivity contribution in [2.75, 3.05) is 0 Å². The van der Waals surface area contributed by atoms with Crippen LogP contribution < -0.4 is 0 Å². The van der Waals surface area contributed by atoms with E-state index in [0.717, 1.165) is 0 Å². The number of hydrogen-bond acceptors (Lipinski definition) is 2. The largest absolute Gasteiger partial charge is 0.259 e. The van der Waals surface area contributed by atoms with Crippen molar-refractivity contribution < 1.29 is 8.42 Å². The molecule has 0 saturated heterocycles. The lowest BCUT2D eigenvalue weighted by Crippen LogP contribution is -1.93. The van der Waals surface area contributed by atoms with Gasteiger partial charge in [0.2, 0.25) is 0 Å². The van der Waals surface area contributed by atoms with Crippen molar-refractivity contribution in [1.82, 2.24) is 0 Å². The molecular formula is C4H7N3O2S. The average molecular weight is 161 g/mol. The summed E-state index contributed by atoms with van der Waals surface area (Å²) in [5.74, 6) is 0. The molecule has 0 N–H and O–H groups in total. The van der Waals surface area contributed by atoms with Crippen LogP contribution in [0.15, 0.2) is 15.5 Å². The van der Waals surface area contributed by atoms with E-state index in [9.17, 15) is 8.42 Å². The summed E-state index contributed by atoms with van der Waals surface area (Å²) in [5, 5.41) is 0.